The number of nitrogens with zero attached hydrogens (tertiary/aromatic N) is 1. The van der Waals surface area contributed by atoms with Gasteiger partial charge in [0.05, 0.1) is 31.3 Å². The van der Waals surface area contributed by atoms with Gasteiger partial charge in [0.2, 0.25) is 0 Å². The molecule has 2 aliphatic rings. The van der Waals surface area contributed by atoms with Crippen molar-refractivity contribution in [3.8, 4) is 0 Å². The Balaban J connectivity index is 2.04. The standard InChI is InChI=1S/C12H21NO5S/c1-2-4-13(10-3-7-19(15,16)9-10)12(14)11-8-17-5-6-18-11/h10-11H,2-9H2,1H3. The number of hydrogen-bond acceptors (Lipinski definition) is 5. The summed E-state index contributed by atoms with van der Waals surface area (Å²) in [6.07, 6.45) is 0.751. The van der Waals surface area contributed by atoms with Gasteiger partial charge in [0, 0.05) is 12.6 Å². The van der Waals surface area contributed by atoms with Crippen molar-refractivity contribution in [1.82, 2.24) is 4.90 Å². The summed E-state index contributed by atoms with van der Waals surface area (Å²) in [5.74, 6) is 0.114. The summed E-state index contributed by atoms with van der Waals surface area (Å²) in [6, 6.07) is -0.206. The first-order valence-electron chi connectivity index (χ1n) is 6.74. The van der Waals surface area contributed by atoms with Gasteiger partial charge in [0.15, 0.2) is 15.9 Å². The van der Waals surface area contributed by atoms with Crippen LogP contribution in [0.5, 0.6) is 0 Å². The minimum absolute atomic E-state index is 0.0757. The Morgan fingerprint density at radius 2 is 2.16 bits per heavy atom. The van der Waals surface area contributed by atoms with Gasteiger partial charge in [-0.2, -0.15) is 0 Å². The van der Waals surface area contributed by atoms with E-state index in [9.17, 15) is 13.2 Å². The molecule has 2 aliphatic heterocycles. The first-order chi connectivity index (χ1) is 9.03. The molecular weight excluding hydrogens is 270 g/mol. The third kappa shape index (κ3) is 3.67. The van der Waals surface area contributed by atoms with E-state index in [4.69, 9.17) is 9.47 Å². The molecule has 2 fully saturated rings. The average molecular weight is 291 g/mol. The van der Waals surface area contributed by atoms with Crippen molar-refractivity contribution in [3.05, 3.63) is 0 Å². The molecule has 6 nitrogen and oxygen atoms in total. The van der Waals surface area contributed by atoms with E-state index in [-0.39, 0.29) is 30.1 Å². The number of carbonyl (C=O) groups is 1. The molecule has 0 saturated carbocycles. The second-order valence-corrected chi connectivity index (χ2v) is 7.25. The van der Waals surface area contributed by atoms with Gasteiger partial charge >= 0.3 is 0 Å². The highest BCUT2D eigenvalue weighted by atomic mass is 32.2. The molecule has 0 spiro atoms. The van der Waals surface area contributed by atoms with Gasteiger partial charge < -0.3 is 14.4 Å². The van der Waals surface area contributed by atoms with Crippen molar-refractivity contribution in [2.24, 2.45) is 0 Å². The highest BCUT2D eigenvalue weighted by molar-refractivity contribution is 7.91. The first-order valence-corrected chi connectivity index (χ1v) is 8.56. The van der Waals surface area contributed by atoms with E-state index < -0.39 is 15.9 Å². The highest BCUT2D eigenvalue weighted by Gasteiger charge is 2.37. The second-order valence-electron chi connectivity index (χ2n) is 5.02. The zero-order chi connectivity index (χ0) is 13.9. The van der Waals surface area contributed by atoms with Crippen LogP contribution in [0.4, 0.5) is 0 Å². The Hall–Kier alpha value is -0.660. The van der Waals surface area contributed by atoms with Crippen LogP contribution < -0.4 is 0 Å². The molecule has 2 atom stereocenters. The fourth-order valence-electron chi connectivity index (χ4n) is 2.55. The highest BCUT2D eigenvalue weighted by Crippen LogP contribution is 2.20. The minimum atomic E-state index is -2.99. The third-order valence-electron chi connectivity index (χ3n) is 3.49. The third-order valence-corrected chi connectivity index (χ3v) is 5.24. The molecule has 0 bridgehead atoms. The first kappa shape index (κ1) is 14.7. The fraction of sp³-hybridized carbons (Fsp3) is 0.917. The number of carbonyl (C=O) groups excluding carboxylic acids is 1. The molecule has 0 aromatic heterocycles. The van der Waals surface area contributed by atoms with Gasteiger partial charge in [-0.05, 0) is 12.8 Å². The molecule has 0 aliphatic carbocycles. The Morgan fingerprint density at radius 1 is 1.37 bits per heavy atom. The molecular formula is C12H21NO5S. The minimum Gasteiger partial charge on any atom is -0.376 e. The predicted octanol–water partition coefficient (Wildman–Crippen LogP) is -0.172. The van der Waals surface area contributed by atoms with Crippen LogP contribution in [0.15, 0.2) is 0 Å². The maximum Gasteiger partial charge on any atom is 0.254 e. The lowest BCUT2D eigenvalue weighted by Crippen LogP contribution is -2.50. The van der Waals surface area contributed by atoms with Crippen LogP contribution in [0.25, 0.3) is 0 Å². The van der Waals surface area contributed by atoms with Crippen LogP contribution in [-0.4, -0.2) is 69.2 Å². The molecule has 1 amide bonds. The Bertz CT molecular complexity index is 416. The summed E-state index contributed by atoms with van der Waals surface area (Å²) in [6.45, 7) is 3.73. The second kappa shape index (κ2) is 6.19. The van der Waals surface area contributed by atoms with Gasteiger partial charge in [-0.15, -0.1) is 0 Å². The number of ether oxygens (including phenoxy) is 2. The molecule has 110 valence electrons. The number of rotatable bonds is 4. The van der Waals surface area contributed by atoms with E-state index in [0.717, 1.165) is 6.42 Å². The van der Waals surface area contributed by atoms with Gasteiger partial charge in [0.25, 0.3) is 5.91 Å². The summed E-state index contributed by atoms with van der Waals surface area (Å²) >= 11 is 0. The lowest BCUT2D eigenvalue weighted by Gasteiger charge is -2.32. The van der Waals surface area contributed by atoms with E-state index in [0.29, 0.717) is 26.2 Å². The molecule has 2 unspecified atom stereocenters. The monoisotopic (exact) mass is 291 g/mol. The average Bonchev–Trinajstić information content (AvgIpc) is 2.76. The molecule has 2 heterocycles. The zero-order valence-corrected chi connectivity index (χ0v) is 12.0. The maximum absolute atomic E-state index is 12.4. The van der Waals surface area contributed by atoms with E-state index in [1.54, 1.807) is 4.90 Å². The van der Waals surface area contributed by atoms with Gasteiger partial charge in [-0.25, -0.2) is 8.42 Å². The molecule has 2 saturated heterocycles. The number of sulfone groups is 1. The molecule has 7 heteroatoms. The maximum atomic E-state index is 12.4. The topological polar surface area (TPSA) is 72.9 Å². The lowest BCUT2D eigenvalue weighted by molar-refractivity contribution is -0.159. The normalized spacial score (nSPS) is 30.2. The van der Waals surface area contributed by atoms with Gasteiger partial charge in [-0.1, -0.05) is 6.92 Å². The smallest absolute Gasteiger partial charge is 0.254 e. The number of hydrogen-bond donors (Lipinski definition) is 0. The van der Waals surface area contributed by atoms with Crippen molar-refractivity contribution in [2.45, 2.75) is 31.9 Å². The summed E-state index contributed by atoms with van der Waals surface area (Å²) in [5.41, 5.74) is 0. The molecule has 0 aromatic rings. The summed E-state index contributed by atoms with van der Waals surface area (Å²) in [7, 11) is -2.99. The van der Waals surface area contributed by atoms with Crippen molar-refractivity contribution >= 4 is 15.7 Å². The van der Waals surface area contributed by atoms with E-state index in [1.165, 1.54) is 0 Å². The summed E-state index contributed by atoms with van der Waals surface area (Å²) in [4.78, 5) is 14.1. The van der Waals surface area contributed by atoms with Gasteiger partial charge in [-0.3, -0.25) is 4.79 Å². The van der Waals surface area contributed by atoms with Crippen molar-refractivity contribution in [1.29, 1.82) is 0 Å². The van der Waals surface area contributed by atoms with E-state index in [2.05, 4.69) is 0 Å². The molecule has 0 radical (unpaired) electrons. The van der Waals surface area contributed by atoms with Crippen LogP contribution in [0.2, 0.25) is 0 Å². The van der Waals surface area contributed by atoms with Crippen LogP contribution in [0, 0.1) is 0 Å². The lowest BCUT2D eigenvalue weighted by atomic mass is 10.1. The van der Waals surface area contributed by atoms with Crippen LogP contribution >= 0.6 is 0 Å². The van der Waals surface area contributed by atoms with Crippen LogP contribution in [-0.2, 0) is 24.1 Å². The van der Waals surface area contributed by atoms with Crippen molar-refractivity contribution < 1.29 is 22.7 Å². The quantitative estimate of drug-likeness (QED) is 0.719. The fourth-order valence-corrected chi connectivity index (χ4v) is 4.28. The Labute approximate surface area is 114 Å². The largest absolute Gasteiger partial charge is 0.376 e. The SMILES string of the molecule is CCCN(C(=O)C1COCCO1)C1CCS(=O)(=O)C1. The van der Waals surface area contributed by atoms with Crippen molar-refractivity contribution in [3.63, 3.8) is 0 Å². The summed E-state index contributed by atoms with van der Waals surface area (Å²) < 4.78 is 33.8. The Kier molecular flexibility index (Phi) is 4.81. The molecule has 0 aromatic carbocycles. The van der Waals surface area contributed by atoms with Gasteiger partial charge in [0.1, 0.15) is 0 Å². The molecule has 0 N–H and O–H groups in total. The van der Waals surface area contributed by atoms with E-state index >= 15 is 0 Å². The predicted molar refractivity (Wildman–Crippen MR) is 69.6 cm³/mol. The Morgan fingerprint density at radius 3 is 2.68 bits per heavy atom. The summed E-state index contributed by atoms with van der Waals surface area (Å²) in [5, 5.41) is 0. The number of amides is 1. The van der Waals surface area contributed by atoms with Crippen molar-refractivity contribution in [2.75, 3.05) is 37.9 Å². The zero-order valence-electron chi connectivity index (χ0n) is 11.2. The van der Waals surface area contributed by atoms with E-state index in [1.807, 2.05) is 6.92 Å². The molecule has 19 heavy (non-hydrogen) atoms. The molecule has 2 rings (SSSR count). The van der Waals surface area contributed by atoms with Crippen LogP contribution in [0.1, 0.15) is 19.8 Å². The van der Waals surface area contributed by atoms with Crippen LogP contribution in [0.3, 0.4) is 0 Å².